The van der Waals surface area contributed by atoms with Crippen molar-refractivity contribution >= 4 is 39.9 Å². The molecule has 0 radical (unpaired) electrons. The number of benzene rings is 1. The van der Waals surface area contributed by atoms with E-state index in [0.717, 1.165) is 37.7 Å². The highest BCUT2D eigenvalue weighted by atomic mass is 35.5. The lowest BCUT2D eigenvalue weighted by Gasteiger charge is -2.45. The molecule has 1 saturated heterocycles. The average molecular weight is 405 g/mol. The summed E-state index contributed by atoms with van der Waals surface area (Å²) in [6.07, 6.45) is 4.31. The van der Waals surface area contributed by atoms with Crippen molar-refractivity contribution in [3.63, 3.8) is 0 Å². The predicted molar refractivity (Wildman–Crippen MR) is 105 cm³/mol. The maximum absolute atomic E-state index is 13.4. The lowest BCUT2D eigenvalue weighted by Crippen LogP contribution is -2.54. The van der Waals surface area contributed by atoms with Gasteiger partial charge < -0.3 is 10.2 Å². The van der Waals surface area contributed by atoms with E-state index in [-0.39, 0.29) is 17.7 Å². The molecule has 1 N–H and O–H groups in total. The molecule has 2 aliphatic rings. The molecule has 1 aromatic carbocycles. The fourth-order valence-electron chi connectivity index (χ4n) is 4.06. The first-order valence-corrected chi connectivity index (χ1v) is 10.5. The van der Waals surface area contributed by atoms with Gasteiger partial charge in [0.1, 0.15) is 5.51 Å². The first-order chi connectivity index (χ1) is 13.1. The Hall–Kier alpha value is -1.99. The Bertz CT molecular complexity index is 838. The number of aromatic nitrogens is 2. The quantitative estimate of drug-likeness (QED) is 0.846. The summed E-state index contributed by atoms with van der Waals surface area (Å²) in [5.41, 5.74) is 2.09. The van der Waals surface area contributed by atoms with Crippen LogP contribution in [-0.4, -0.2) is 40.0 Å². The number of nitrogens with zero attached hydrogens (tertiary/aromatic N) is 3. The Balaban J connectivity index is 1.48. The molecule has 0 bridgehead atoms. The molecule has 1 aliphatic carbocycles. The van der Waals surface area contributed by atoms with Crippen molar-refractivity contribution in [2.24, 2.45) is 5.92 Å². The monoisotopic (exact) mass is 404 g/mol. The summed E-state index contributed by atoms with van der Waals surface area (Å²) < 4.78 is 0. The second-order valence-corrected chi connectivity index (χ2v) is 8.54. The fourth-order valence-corrected chi connectivity index (χ4v) is 4.69. The first-order valence-electron chi connectivity index (χ1n) is 9.21. The molecule has 1 aliphatic heterocycles. The SMILES string of the molecule is O=C(Nc1nncs1)C1CCCN(C(=O)C2(c3cccc(Cl)c3)CCC2)C1. The van der Waals surface area contributed by atoms with Gasteiger partial charge in [-0.05, 0) is 43.4 Å². The van der Waals surface area contributed by atoms with Crippen molar-refractivity contribution in [2.45, 2.75) is 37.5 Å². The third-order valence-corrected chi connectivity index (χ3v) is 6.51. The van der Waals surface area contributed by atoms with Crippen molar-refractivity contribution in [3.8, 4) is 0 Å². The van der Waals surface area contributed by atoms with E-state index in [4.69, 9.17) is 11.6 Å². The van der Waals surface area contributed by atoms with Gasteiger partial charge in [-0.1, -0.05) is 41.5 Å². The van der Waals surface area contributed by atoms with E-state index in [1.165, 1.54) is 11.3 Å². The van der Waals surface area contributed by atoms with Crippen LogP contribution in [0.1, 0.15) is 37.7 Å². The first kappa shape index (κ1) is 18.4. The van der Waals surface area contributed by atoms with Crippen LogP contribution in [0.15, 0.2) is 29.8 Å². The molecule has 1 unspecified atom stereocenters. The zero-order chi connectivity index (χ0) is 18.9. The topological polar surface area (TPSA) is 75.2 Å². The third kappa shape index (κ3) is 3.58. The number of halogens is 1. The molecule has 6 nitrogen and oxygen atoms in total. The Morgan fingerprint density at radius 3 is 2.81 bits per heavy atom. The zero-order valence-electron chi connectivity index (χ0n) is 14.9. The van der Waals surface area contributed by atoms with E-state index in [2.05, 4.69) is 15.5 Å². The van der Waals surface area contributed by atoms with Crippen molar-refractivity contribution in [1.82, 2.24) is 15.1 Å². The second kappa shape index (κ2) is 7.56. The molecular formula is C19H21ClN4O2S. The minimum atomic E-state index is -0.484. The Labute approximate surface area is 166 Å². The van der Waals surface area contributed by atoms with Gasteiger partial charge in [0.25, 0.3) is 0 Å². The van der Waals surface area contributed by atoms with Gasteiger partial charge in [0.05, 0.1) is 11.3 Å². The highest BCUT2D eigenvalue weighted by Gasteiger charge is 2.48. The minimum absolute atomic E-state index is 0.0883. The predicted octanol–water partition coefficient (Wildman–Crippen LogP) is 3.49. The minimum Gasteiger partial charge on any atom is -0.341 e. The highest BCUT2D eigenvalue weighted by Crippen LogP contribution is 2.46. The standard InChI is InChI=1S/C19H21ClN4O2S/c20-15-6-1-5-14(10-15)19(7-3-8-19)17(26)24-9-2-4-13(11-24)16(25)22-18-23-21-12-27-18/h1,5-6,10,12-13H,2-4,7-9,11H2,(H,22,23,25). The van der Waals surface area contributed by atoms with Crippen molar-refractivity contribution in [2.75, 3.05) is 18.4 Å². The molecule has 2 aromatic rings. The van der Waals surface area contributed by atoms with Crippen molar-refractivity contribution in [1.29, 1.82) is 0 Å². The Morgan fingerprint density at radius 1 is 1.30 bits per heavy atom. The lowest BCUT2D eigenvalue weighted by molar-refractivity contribution is -0.143. The van der Waals surface area contributed by atoms with Gasteiger partial charge in [-0.2, -0.15) is 0 Å². The lowest BCUT2D eigenvalue weighted by atomic mass is 9.63. The van der Waals surface area contributed by atoms with E-state index < -0.39 is 5.41 Å². The molecule has 1 aromatic heterocycles. The van der Waals surface area contributed by atoms with Crippen LogP contribution in [0.2, 0.25) is 5.02 Å². The van der Waals surface area contributed by atoms with Crippen molar-refractivity contribution in [3.05, 3.63) is 40.4 Å². The number of piperidine rings is 1. The number of amides is 2. The van der Waals surface area contributed by atoms with Gasteiger partial charge in [-0.15, -0.1) is 10.2 Å². The van der Waals surface area contributed by atoms with Crippen LogP contribution in [0, 0.1) is 5.92 Å². The summed E-state index contributed by atoms with van der Waals surface area (Å²) in [5.74, 6) is -0.179. The molecule has 27 heavy (non-hydrogen) atoms. The molecule has 0 spiro atoms. The van der Waals surface area contributed by atoms with E-state index in [1.54, 1.807) is 5.51 Å². The van der Waals surface area contributed by atoms with Crippen LogP contribution in [0.3, 0.4) is 0 Å². The molecule has 1 atom stereocenters. The summed E-state index contributed by atoms with van der Waals surface area (Å²) >= 11 is 7.46. The van der Waals surface area contributed by atoms with E-state index in [9.17, 15) is 9.59 Å². The zero-order valence-corrected chi connectivity index (χ0v) is 16.4. The van der Waals surface area contributed by atoms with Gasteiger partial charge in [0.2, 0.25) is 16.9 Å². The van der Waals surface area contributed by atoms with Crippen LogP contribution in [-0.2, 0) is 15.0 Å². The fraction of sp³-hybridized carbons (Fsp3) is 0.474. The molecule has 142 valence electrons. The van der Waals surface area contributed by atoms with E-state index >= 15 is 0 Å². The smallest absolute Gasteiger partial charge is 0.233 e. The summed E-state index contributed by atoms with van der Waals surface area (Å²) in [6.45, 7) is 1.15. The number of likely N-dealkylation sites (tertiary alicyclic amines) is 1. The summed E-state index contributed by atoms with van der Waals surface area (Å²) in [6, 6.07) is 7.63. The largest absolute Gasteiger partial charge is 0.341 e. The Morgan fingerprint density at radius 2 is 2.15 bits per heavy atom. The number of carbonyl (C=O) groups is 2. The van der Waals surface area contributed by atoms with E-state index in [1.807, 2.05) is 29.2 Å². The average Bonchev–Trinajstić information content (AvgIpc) is 3.14. The molecule has 1 saturated carbocycles. The number of nitrogens with one attached hydrogen (secondary N) is 1. The van der Waals surface area contributed by atoms with Crippen molar-refractivity contribution < 1.29 is 9.59 Å². The van der Waals surface area contributed by atoms with Crippen LogP contribution in [0.25, 0.3) is 0 Å². The number of anilines is 1. The summed E-state index contributed by atoms with van der Waals surface area (Å²) in [4.78, 5) is 27.9. The van der Waals surface area contributed by atoms with Gasteiger partial charge in [0, 0.05) is 18.1 Å². The summed E-state index contributed by atoms with van der Waals surface area (Å²) in [5, 5.41) is 11.5. The normalized spacial score (nSPS) is 21.4. The van der Waals surface area contributed by atoms with Crippen LogP contribution in [0.5, 0.6) is 0 Å². The number of carbonyl (C=O) groups excluding carboxylic acids is 2. The van der Waals surface area contributed by atoms with Crippen LogP contribution in [0.4, 0.5) is 5.13 Å². The van der Waals surface area contributed by atoms with Crippen LogP contribution >= 0.6 is 22.9 Å². The maximum atomic E-state index is 13.4. The molecule has 8 heteroatoms. The molecule has 4 rings (SSSR count). The highest BCUT2D eigenvalue weighted by molar-refractivity contribution is 7.13. The number of rotatable bonds is 4. The number of hydrogen-bond donors (Lipinski definition) is 1. The van der Waals surface area contributed by atoms with Gasteiger partial charge in [-0.3, -0.25) is 9.59 Å². The molecule has 2 heterocycles. The van der Waals surface area contributed by atoms with E-state index in [0.29, 0.717) is 23.2 Å². The molecule has 2 amide bonds. The Kier molecular flexibility index (Phi) is 5.14. The second-order valence-electron chi connectivity index (χ2n) is 7.27. The van der Waals surface area contributed by atoms with Gasteiger partial charge in [0.15, 0.2) is 0 Å². The molecular weight excluding hydrogens is 384 g/mol. The van der Waals surface area contributed by atoms with Gasteiger partial charge in [-0.25, -0.2) is 0 Å². The van der Waals surface area contributed by atoms with Gasteiger partial charge >= 0.3 is 0 Å². The summed E-state index contributed by atoms with van der Waals surface area (Å²) in [7, 11) is 0. The van der Waals surface area contributed by atoms with Crippen LogP contribution < -0.4 is 5.32 Å². The third-order valence-electron chi connectivity index (χ3n) is 5.66. The number of hydrogen-bond acceptors (Lipinski definition) is 5. The molecule has 2 fully saturated rings. The maximum Gasteiger partial charge on any atom is 0.233 e.